The van der Waals surface area contributed by atoms with Gasteiger partial charge in [-0.3, -0.25) is 14.4 Å². The summed E-state index contributed by atoms with van der Waals surface area (Å²) in [5, 5.41) is 82.6. The summed E-state index contributed by atoms with van der Waals surface area (Å²) in [5.74, 6) is -6.00. The maximum absolute atomic E-state index is 14.1. The van der Waals surface area contributed by atoms with E-state index in [1.165, 1.54) is 65.3 Å². The predicted molar refractivity (Wildman–Crippen MR) is 296 cm³/mol. The third-order valence-electron chi connectivity index (χ3n) is 15.8. The number of rotatable bonds is 24. The van der Waals surface area contributed by atoms with Gasteiger partial charge in [-0.2, -0.15) is 0 Å². The van der Waals surface area contributed by atoms with Crippen LogP contribution in [0, 0.1) is 17.3 Å². The lowest BCUT2D eigenvalue weighted by molar-refractivity contribution is -0.399. The van der Waals surface area contributed by atoms with E-state index in [2.05, 4.69) is 5.32 Å². The summed E-state index contributed by atoms with van der Waals surface area (Å²) in [4.78, 5) is 39.4. The molecule has 454 valence electrons. The van der Waals surface area contributed by atoms with E-state index in [0.717, 1.165) is 5.57 Å². The number of aliphatic hydroxyl groups excluding tert-OH is 5. The van der Waals surface area contributed by atoms with Gasteiger partial charge in [-0.05, 0) is 58.3 Å². The Labute approximate surface area is 474 Å². The largest absolute Gasteiger partial charge is 0.507 e. The van der Waals surface area contributed by atoms with Gasteiger partial charge in [-0.25, -0.2) is 0 Å². The molecular formula is C59H88N2O20. The Morgan fingerprint density at radius 3 is 2.07 bits per heavy atom. The van der Waals surface area contributed by atoms with Gasteiger partial charge in [0.25, 0.3) is 5.56 Å². The normalized spacial score (nSPS) is 36.3. The molecule has 22 heteroatoms. The van der Waals surface area contributed by atoms with Crippen molar-refractivity contribution in [2.45, 2.75) is 185 Å². The molecule has 4 saturated heterocycles. The van der Waals surface area contributed by atoms with Crippen LogP contribution < -0.4 is 10.9 Å². The van der Waals surface area contributed by atoms with Crippen LogP contribution in [0.3, 0.4) is 0 Å². The van der Waals surface area contributed by atoms with Crippen LogP contribution in [-0.2, 0) is 59.2 Å². The monoisotopic (exact) mass is 1140 g/mol. The maximum Gasteiger partial charge on any atom is 0.265 e. The van der Waals surface area contributed by atoms with Crippen molar-refractivity contribution < 1.29 is 92.7 Å². The van der Waals surface area contributed by atoms with Crippen LogP contribution in [0.5, 0.6) is 5.75 Å². The summed E-state index contributed by atoms with van der Waals surface area (Å²) in [6.45, 7) is 15.6. The smallest absolute Gasteiger partial charge is 0.265 e. The van der Waals surface area contributed by atoms with Crippen molar-refractivity contribution in [3.8, 4) is 5.75 Å². The number of nitrogens with one attached hydrogen (secondary N) is 1. The van der Waals surface area contributed by atoms with E-state index in [0.29, 0.717) is 0 Å². The Morgan fingerprint density at radius 1 is 0.802 bits per heavy atom. The van der Waals surface area contributed by atoms with Gasteiger partial charge in [0, 0.05) is 59.6 Å². The van der Waals surface area contributed by atoms with Gasteiger partial charge in [0.15, 0.2) is 18.4 Å². The highest BCUT2D eigenvalue weighted by Crippen LogP contribution is 2.47. The molecule has 0 saturated carbocycles. The number of pyridine rings is 1. The zero-order valence-corrected chi connectivity index (χ0v) is 48.9. The van der Waals surface area contributed by atoms with E-state index in [9.17, 15) is 50.1 Å². The molecule has 0 aromatic carbocycles. The molecule has 21 atom stereocenters. The third kappa shape index (κ3) is 15.0. The highest BCUT2D eigenvalue weighted by atomic mass is 16.8. The molecule has 4 aliphatic rings. The first-order valence-corrected chi connectivity index (χ1v) is 27.4. The molecule has 5 rings (SSSR count). The van der Waals surface area contributed by atoms with Crippen molar-refractivity contribution in [1.29, 1.82) is 0 Å². The van der Waals surface area contributed by atoms with Gasteiger partial charge in [0.2, 0.25) is 11.7 Å². The van der Waals surface area contributed by atoms with Crippen molar-refractivity contribution in [2.24, 2.45) is 24.3 Å². The minimum Gasteiger partial charge on any atom is -0.507 e. The number of ether oxygens (including phenoxy) is 10. The lowest BCUT2D eigenvalue weighted by atomic mass is 9.70. The molecule has 0 aliphatic carbocycles. The fourth-order valence-corrected chi connectivity index (χ4v) is 11.0. The third-order valence-corrected chi connectivity index (χ3v) is 15.8. The lowest BCUT2D eigenvalue weighted by Gasteiger charge is -2.55. The molecule has 0 unspecified atom stereocenters. The number of carbonyl (C=O) groups excluding carboxylic acids is 2. The Hall–Kier alpha value is -4.57. The average Bonchev–Trinajstić information content (AvgIpc) is 3.72. The first kappa shape index (κ1) is 67.2. The predicted octanol–water partition coefficient (Wildman–Crippen LogP) is 2.75. The number of hydrogen-bond acceptors (Lipinski definition) is 20. The standard InChI is InChI=1S/C59H88N2O20/c1-15-17-19-27-39-58(8,9)53(80-56-45(67)50(74-13)49(35(7)76-56)79-57-51(75-14)44(66)48(73-12)34(6)77-57)52(68)59(71,81-39)36(16-2)54(69)60-29-23-22-25-32(4)46(72-11)33(5)47-43(65)42(64)38(78-47)26-21-18-20-24-31(3)41(63)40-37(62)28-30-61(10)55(40)70/h15,17-28,30,33-36,38-39,42-53,56-57,62,64-68,71H,16,29H2,1-14H3,(H,60,69)/b17-15+,20-18+,23-22+,26-21+,27-19+,31-24+,32-25+/t33-,34+,35-,36+,38-,39+,42+,43+,44-,45-,46-,47+,48+,49-,50+,51-,52-,53+,56+,57+,59-/m1/s1. The Bertz CT molecular complexity index is 2520. The Kier molecular flexibility index (Phi) is 24.7. The van der Waals surface area contributed by atoms with Gasteiger partial charge in [-0.15, -0.1) is 0 Å². The summed E-state index contributed by atoms with van der Waals surface area (Å²) in [6.07, 6.45) is 1.89. The van der Waals surface area contributed by atoms with Gasteiger partial charge < -0.3 is 93.0 Å². The maximum atomic E-state index is 14.1. The average molecular weight is 1150 g/mol. The first-order chi connectivity index (χ1) is 38.3. The van der Waals surface area contributed by atoms with Crippen LogP contribution in [0.1, 0.15) is 79.1 Å². The first-order valence-electron chi connectivity index (χ1n) is 27.4. The van der Waals surface area contributed by atoms with E-state index in [1.54, 1.807) is 101 Å². The summed E-state index contributed by atoms with van der Waals surface area (Å²) in [6, 6.07) is 1.27. The second kappa shape index (κ2) is 29.8. The van der Waals surface area contributed by atoms with Crippen LogP contribution in [0.2, 0.25) is 0 Å². The topological polar surface area (TPSA) is 302 Å². The molecule has 5 heterocycles. The van der Waals surface area contributed by atoms with Crippen molar-refractivity contribution >= 4 is 11.7 Å². The molecule has 22 nitrogen and oxygen atoms in total. The number of carbonyl (C=O) groups is 2. The Balaban J connectivity index is 1.24. The summed E-state index contributed by atoms with van der Waals surface area (Å²) in [5.41, 5.74) is -1.14. The molecule has 8 N–H and O–H groups in total. The highest BCUT2D eigenvalue weighted by Gasteiger charge is 2.63. The van der Waals surface area contributed by atoms with Gasteiger partial charge in [-0.1, -0.05) is 101 Å². The SMILES string of the molecule is C/C=C/C=C/[C@@H]1O[C@](O)([C@@H](CC)C(=O)NC/C=C/C=C(\C)[C@@H](OC)[C@@H](C)[C@@H]2O[C@H](/C=C/C=C/C=C(\C)C(=O)c3c(O)ccn(C)c3=O)[C@H](O)[C@@H]2O)[C@H](O)[C@H](O[C@@H]2O[C@H](C)[C@@H](O[C@@H]3O[C@@H](C)[C@H](OC)[C@@H](O)[C@H]3OC)[C@@H](OC)[C@H]2O)C1(C)C. The van der Waals surface area contributed by atoms with E-state index >= 15 is 0 Å². The fraction of sp³-hybridized carbons (Fsp3) is 0.644. The summed E-state index contributed by atoms with van der Waals surface area (Å²) >= 11 is 0. The van der Waals surface area contributed by atoms with Crippen molar-refractivity contribution in [3.05, 3.63) is 112 Å². The van der Waals surface area contributed by atoms with Gasteiger partial charge in [0.05, 0.1) is 42.5 Å². The number of aryl methyl sites for hydroxylation is 1. The van der Waals surface area contributed by atoms with Crippen LogP contribution >= 0.6 is 0 Å². The minimum absolute atomic E-state index is 0.000641. The van der Waals surface area contributed by atoms with Gasteiger partial charge in [0.1, 0.15) is 72.4 Å². The molecule has 1 aromatic heterocycles. The molecule has 1 amide bonds. The fourth-order valence-electron chi connectivity index (χ4n) is 11.0. The van der Waals surface area contributed by atoms with E-state index in [4.69, 9.17) is 47.4 Å². The molecule has 4 aliphatic heterocycles. The number of hydrogen-bond donors (Lipinski definition) is 8. The zero-order chi connectivity index (χ0) is 60.3. The van der Waals surface area contributed by atoms with E-state index in [-0.39, 0.29) is 24.1 Å². The highest BCUT2D eigenvalue weighted by molar-refractivity contribution is 6.09. The molecule has 4 fully saturated rings. The molecule has 0 spiro atoms. The quantitative estimate of drug-likeness (QED) is 0.0419. The molecule has 81 heavy (non-hydrogen) atoms. The molecule has 0 bridgehead atoms. The zero-order valence-electron chi connectivity index (χ0n) is 48.9. The second-order valence-corrected chi connectivity index (χ2v) is 21.7. The number of allylic oxidation sites excluding steroid dienone is 10. The minimum atomic E-state index is -2.53. The van der Waals surface area contributed by atoms with Crippen molar-refractivity contribution in [3.63, 3.8) is 0 Å². The number of methoxy groups -OCH3 is 4. The molecule has 0 radical (unpaired) electrons. The summed E-state index contributed by atoms with van der Waals surface area (Å²) < 4.78 is 61.5. The van der Waals surface area contributed by atoms with Crippen molar-refractivity contribution in [2.75, 3.05) is 35.0 Å². The van der Waals surface area contributed by atoms with Crippen LogP contribution in [0.25, 0.3) is 0 Å². The number of amides is 1. The number of Topliss-reactive ketones (excluding diaryl/α,β-unsaturated/α-hetero) is 1. The number of aliphatic hydroxyl groups is 6. The van der Waals surface area contributed by atoms with Gasteiger partial charge >= 0.3 is 0 Å². The second-order valence-electron chi connectivity index (χ2n) is 21.7. The van der Waals surface area contributed by atoms with E-state index in [1.807, 2.05) is 20.8 Å². The molecular weight excluding hydrogens is 1060 g/mol. The van der Waals surface area contributed by atoms with Crippen LogP contribution in [0.4, 0.5) is 0 Å². The number of aromatic nitrogens is 1. The van der Waals surface area contributed by atoms with E-state index < -0.39 is 156 Å². The number of aromatic hydroxyl groups is 1. The number of ketones is 1. The van der Waals surface area contributed by atoms with Crippen LogP contribution in [0.15, 0.2) is 101 Å². The van der Waals surface area contributed by atoms with Crippen LogP contribution in [-0.4, -0.2) is 203 Å². The number of nitrogens with zero attached hydrogens (tertiary/aromatic N) is 1. The lowest BCUT2D eigenvalue weighted by Crippen LogP contribution is -2.71. The van der Waals surface area contributed by atoms with Crippen molar-refractivity contribution in [1.82, 2.24) is 9.88 Å². The Morgan fingerprint density at radius 2 is 1.44 bits per heavy atom. The summed E-state index contributed by atoms with van der Waals surface area (Å²) in [7, 11) is 7.22. The molecule has 1 aromatic rings.